The highest BCUT2D eigenvalue weighted by Crippen LogP contribution is 2.25. The van der Waals surface area contributed by atoms with E-state index in [9.17, 15) is 9.59 Å². The van der Waals surface area contributed by atoms with E-state index in [1.165, 1.54) is 0 Å². The van der Waals surface area contributed by atoms with Gasteiger partial charge in [0.05, 0.1) is 5.92 Å². The Balaban J connectivity index is 2.02. The molecule has 1 aliphatic rings. The van der Waals surface area contributed by atoms with Crippen molar-refractivity contribution < 1.29 is 14.7 Å². The number of amides is 1. The Morgan fingerprint density at radius 1 is 1.30 bits per heavy atom. The van der Waals surface area contributed by atoms with E-state index in [0.29, 0.717) is 23.4 Å². The van der Waals surface area contributed by atoms with Gasteiger partial charge in [0.25, 0.3) is 5.91 Å². The quantitative estimate of drug-likeness (QED) is 0.867. The fraction of sp³-hybridized carbons (Fsp3) is 0.429. The molecule has 1 amide bonds. The number of carboxylic acid groups (broad SMARTS) is 1. The molecule has 0 radical (unpaired) electrons. The third kappa shape index (κ3) is 3.96. The molecule has 0 saturated heterocycles. The van der Waals surface area contributed by atoms with Gasteiger partial charge in [-0.15, -0.1) is 0 Å². The summed E-state index contributed by atoms with van der Waals surface area (Å²) in [6.45, 7) is 0. The molecule has 1 aliphatic carbocycles. The van der Waals surface area contributed by atoms with E-state index in [0.717, 1.165) is 17.3 Å². The number of halogens is 2. The summed E-state index contributed by atoms with van der Waals surface area (Å²) in [5.74, 6) is -1.36. The van der Waals surface area contributed by atoms with Crippen molar-refractivity contribution in [3.63, 3.8) is 0 Å². The second-order valence-corrected chi connectivity index (χ2v) is 6.38. The average Bonchev–Trinajstić information content (AvgIpc) is 2.37. The van der Waals surface area contributed by atoms with E-state index < -0.39 is 5.97 Å². The van der Waals surface area contributed by atoms with Crippen molar-refractivity contribution in [3.05, 3.63) is 33.3 Å². The maximum absolute atomic E-state index is 12.2. The molecule has 2 unspecified atom stereocenters. The first kappa shape index (κ1) is 15.3. The van der Waals surface area contributed by atoms with Gasteiger partial charge in [-0.2, -0.15) is 0 Å². The van der Waals surface area contributed by atoms with Crippen LogP contribution in [0.2, 0.25) is 5.02 Å². The zero-order valence-electron chi connectivity index (χ0n) is 10.7. The van der Waals surface area contributed by atoms with Gasteiger partial charge in [0.1, 0.15) is 0 Å². The van der Waals surface area contributed by atoms with Gasteiger partial charge in [-0.1, -0.05) is 34.0 Å². The molecule has 1 fully saturated rings. The normalized spacial score (nSPS) is 22.3. The SMILES string of the molecule is O=C(NC1CCCC(C(=O)O)C1)c1cc(Cl)cc(Br)c1. The van der Waals surface area contributed by atoms with E-state index in [1.54, 1.807) is 18.2 Å². The number of hydrogen-bond acceptors (Lipinski definition) is 2. The molecule has 1 saturated carbocycles. The van der Waals surface area contributed by atoms with Crippen molar-refractivity contribution in [2.75, 3.05) is 0 Å². The average molecular weight is 361 g/mol. The summed E-state index contributed by atoms with van der Waals surface area (Å²) in [6, 6.07) is 4.91. The number of aliphatic carboxylic acids is 1. The fourth-order valence-corrected chi connectivity index (χ4v) is 3.36. The minimum absolute atomic E-state index is 0.0879. The van der Waals surface area contributed by atoms with Crippen molar-refractivity contribution in [1.29, 1.82) is 0 Å². The van der Waals surface area contributed by atoms with Crippen LogP contribution in [0.15, 0.2) is 22.7 Å². The largest absolute Gasteiger partial charge is 0.481 e. The summed E-state index contributed by atoms with van der Waals surface area (Å²) in [5.41, 5.74) is 0.474. The molecule has 2 N–H and O–H groups in total. The number of benzene rings is 1. The van der Waals surface area contributed by atoms with Crippen molar-refractivity contribution in [3.8, 4) is 0 Å². The summed E-state index contributed by atoms with van der Waals surface area (Å²) in [4.78, 5) is 23.2. The van der Waals surface area contributed by atoms with Gasteiger partial charge in [-0.25, -0.2) is 0 Å². The van der Waals surface area contributed by atoms with Crippen LogP contribution in [-0.2, 0) is 4.79 Å². The molecule has 6 heteroatoms. The first-order valence-electron chi connectivity index (χ1n) is 6.45. The summed E-state index contributed by atoms with van der Waals surface area (Å²) < 4.78 is 0.738. The third-order valence-corrected chi connectivity index (χ3v) is 4.16. The van der Waals surface area contributed by atoms with E-state index >= 15 is 0 Å². The maximum Gasteiger partial charge on any atom is 0.306 e. The molecule has 1 aromatic carbocycles. The Morgan fingerprint density at radius 2 is 2.05 bits per heavy atom. The lowest BCUT2D eigenvalue weighted by Gasteiger charge is -2.27. The van der Waals surface area contributed by atoms with E-state index in [2.05, 4.69) is 21.2 Å². The molecule has 0 spiro atoms. The van der Waals surface area contributed by atoms with Crippen molar-refractivity contribution >= 4 is 39.4 Å². The third-order valence-electron chi connectivity index (χ3n) is 3.48. The van der Waals surface area contributed by atoms with Crippen LogP contribution in [0.1, 0.15) is 36.0 Å². The Labute approximate surface area is 130 Å². The number of carbonyl (C=O) groups excluding carboxylic acids is 1. The zero-order valence-corrected chi connectivity index (χ0v) is 13.1. The molecule has 20 heavy (non-hydrogen) atoms. The highest BCUT2D eigenvalue weighted by Gasteiger charge is 2.28. The van der Waals surface area contributed by atoms with Gasteiger partial charge in [0, 0.05) is 21.1 Å². The van der Waals surface area contributed by atoms with Crippen LogP contribution < -0.4 is 5.32 Å². The van der Waals surface area contributed by atoms with Gasteiger partial charge < -0.3 is 10.4 Å². The standard InChI is InChI=1S/C14H15BrClNO3/c15-10-4-9(5-11(16)7-10)13(18)17-12-3-1-2-8(6-12)14(19)20/h4-5,7-8,12H,1-3,6H2,(H,17,18)(H,19,20). The monoisotopic (exact) mass is 359 g/mol. The van der Waals surface area contributed by atoms with Crippen LogP contribution in [0.4, 0.5) is 0 Å². The Bertz CT molecular complexity index is 515. The van der Waals surface area contributed by atoms with Gasteiger partial charge in [0.15, 0.2) is 0 Å². The predicted molar refractivity (Wildman–Crippen MR) is 80.0 cm³/mol. The van der Waals surface area contributed by atoms with Gasteiger partial charge in [-0.3, -0.25) is 9.59 Å². The lowest BCUT2D eigenvalue weighted by Crippen LogP contribution is -2.39. The Morgan fingerprint density at radius 3 is 2.70 bits per heavy atom. The van der Waals surface area contributed by atoms with Crippen LogP contribution >= 0.6 is 27.5 Å². The smallest absolute Gasteiger partial charge is 0.306 e. The van der Waals surface area contributed by atoms with Crippen LogP contribution in [0.3, 0.4) is 0 Å². The number of carbonyl (C=O) groups is 2. The number of carboxylic acids is 1. The topological polar surface area (TPSA) is 66.4 Å². The van der Waals surface area contributed by atoms with Crippen LogP contribution in [-0.4, -0.2) is 23.0 Å². The number of nitrogens with one attached hydrogen (secondary N) is 1. The minimum atomic E-state index is -0.783. The first-order valence-corrected chi connectivity index (χ1v) is 7.62. The zero-order chi connectivity index (χ0) is 14.7. The molecule has 4 nitrogen and oxygen atoms in total. The van der Waals surface area contributed by atoms with Crippen LogP contribution in [0, 0.1) is 5.92 Å². The van der Waals surface area contributed by atoms with Crippen LogP contribution in [0.25, 0.3) is 0 Å². The highest BCUT2D eigenvalue weighted by molar-refractivity contribution is 9.10. The number of rotatable bonds is 3. The maximum atomic E-state index is 12.2. The first-order chi connectivity index (χ1) is 9.45. The molecular weight excluding hydrogens is 346 g/mol. The van der Waals surface area contributed by atoms with Crippen LogP contribution in [0.5, 0.6) is 0 Å². The van der Waals surface area contributed by atoms with E-state index in [-0.39, 0.29) is 17.9 Å². The minimum Gasteiger partial charge on any atom is -0.481 e. The molecule has 1 aromatic rings. The van der Waals surface area contributed by atoms with E-state index in [1.807, 2.05) is 0 Å². The molecule has 2 atom stereocenters. The van der Waals surface area contributed by atoms with Crippen molar-refractivity contribution in [1.82, 2.24) is 5.32 Å². The fourth-order valence-electron chi connectivity index (χ4n) is 2.50. The van der Waals surface area contributed by atoms with Gasteiger partial charge in [0.2, 0.25) is 0 Å². The summed E-state index contributed by atoms with van der Waals surface area (Å²) in [6.07, 6.45) is 2.81. The predicted octanol–water partition coefficient (Wildman–Crippen LogP) is 3.48. The van der Waals surface area contributed by atoms with Gasteiger partial charge in [-0.05, 0) is 37.5 Å². The molecule has 108 valence electrons. The highest BCUT2D eigenvalue weighted by atomic mass is 79.9. The molecule has 0 heterocycles. The lowest BCUT2D eigenvalue weighted by atomic mass is 9.85. The molecule has 0 bridgehead atoms. The molecule has 0 aromatic heterocycles. The van der Waals surface area contributed by atoms with Gasteiger partial charge >= 0.3 is 5.97 Å². The Kier molecular flexibility index (Phi) is 5.05. The lowest BCUT2D eigenvalue weighted by molar-refractivity contribution is -0.143. The summed E-state index contributed by atoms with van der Waals surface area (Å²) >= 11 is 9.21. The van der Waals surface area contributed by atoms with E-state index in [4.69, 9.17) is 16.7 Å². The van der Waals surface area contributed by atoms with Crippen molar-refractivity contribution in [2.24, 2.45) is 5.92 Å². The summed E-state index contributed by atoms with van der Waals surface area (Å²) in [7, 11) is 0. The number of hydrogen-bond donors (Lipinski definition) is 2. The van der Waals surface area contributed by atoms with Crippen molar-refractivity contribution in [2.45, 2.75) is 31.7 Å². The molecule has 2 rings (SSSR count). The summed E-state index contributed by atoms with van der Waals surface area (Å²) in [5, 5.41) is 12.4. The Hall–Kier alpha value is -1.07. The second-order valence-electron chi connectivity index (χ2n) is 5.03. The molecular formula is C14H15BrClNO3. The second kappa shape index (κ2) is 6.59. The molecule has 0 aliphatic heterocycles.